The Hall–Kier alpha value is -2.32. The zero-order chi connectivity index (χ0) is 21.8. The minimum atomic E-state index is 0.544. The highest BCUT2D eigenvalue weighted by Crippen LogP contribution is 2.28. The van der Waals surface area contributed by atoms with E-state index in [1.165, 1.54) is 4.88 Å². The summed E-state index contributed by atoms with van der Waals surface area (Å²) in [5.74, 6) is 2.27. The van der Waals surface area contributed by atoms with Crippen molar-refractivity contribution < 1.29 is 9.47 Å². The number of aryl methyl sites for hydroxylation is 1. The number of aromatic nitrogens is 1. The van der Waals surface area contributed by atoms with Crippen molar-refractivity contribution in [3.63, 3.8) is 0 Å². The van der Waals surface area contributed by atoms with Crippen LogP contribution in [0.25, 0.3) is 0 Å². The SMILES string of the molecule is CCNC(=NCc1ccc(OCCN(CC)CC)c(OC)c1)NCc1ncc(C)s1. The summed E-state index contributed by atoms with van der Waals surface area (Å²) in [7, 11) is 1.67. The molecule has 0 bridgehead atoms. The van der Waals surface area contributed by atoms with Crippen LogP contribution in [0.1, 0.15) is 36.2 Å². The molecule has 30 heavy (non-hydrogen) atoms. The number of hydrogen-bond acceptors (Lipinski definition) is 6. The Morgan fingerprint density at radius 2 is 1.97 bits per heavy atom. The molecular formula is C22H35N5O2S. The number of nitrogens with one attached hydrogen (secondary N) is 2. The van der Waals surface area contributed by atoms with Crippen LogP contribution < -0.4 is 20.1 Å². The van der Waals surface area contributed by atoms with E-state index < -0.39 is 0 Å². The van der Waals surface area contributed by atoms with Crippen molar-refractivity contribution in [2.75, 3.05) is 39.9 Å². The van der Waals surface area contributed by atoms with Gasteiger partial charge >= 0.3 is 0 Å². The maximum atomic E-state index is 5.94. The van der Waals surface area contributed by atoms with Gasteiger partial charge in [-0.25, -0.2) is 9.98 Å². The highest BCUT2D eigenvalue weighted by atomic mass is 32.1. The molecule has 0 amide bonds. The molecule has 1 aromatic carbocycles. The molecule has 0 aliphatic carbocycles. The molecule has 166 valence electrons. The number of rotatable bonds is 12. The monoisotopic (exact) mass is 433 g/mol. The number of methoxy groups -OCH3 is 1. The average Bonchev–Trinajstić information content (AvgIpc) is 3.18. The number of thiazole rings is 1. The van der Waals surface area contributed by atoms with Gasteiger partial charge in [-0.15, -0.1) is 11.3 Å². The van der Waals surface area contributed by atoms with Gasteiger partial charge in [0.2, 0.25) is 0 Å². The van der Waals surface area contributed by atoms with Gasteiger partial charge in [-0.1, -0.05) is 19.9 Å². The zero-order valence-electron chi connectivity index (χ0n) is 18.8. The van der Waals surface area contributed by atoms with Gasteiger partial charge in [-0.3, -0.25) is 0 Å². The summed E-state index contributed by atoms with van der Waals surface area (Å²) in [6.07, 6.45) is 1.89. The van der Waals surface area contributed by atoms with E-state index in [0.29, 0.717) is 19.7 Å². The third kappa shape index (κ3) is 7.84. The summed E-state index contributed by atoms with van der Waals surface area (Å²) < 4.78 is 11.5. The van der Waals surface area contributed by atoms with E-state index in [2.05, 4.69) is 53.2 Å². The fourth-order valence-electron chi connectivity index (χ4n) is 2.91. The highest BCUT2D eigenvalue weighted by molar-refractivity contribution is 7.11. The third-order valence-corrected chi connectivity index (χ3v) is 5.54. The molecule has 2 N–H and O–H groups in total. The van der Waals surface area contributed by atoms with Crippen LogP contribution in [0.5, 0.6) is 11.5 Å². The van der Waals surface area contributed by atoms with Gasteiger partial charge in [-0.05, 0) is 44.6 Å². The second-order valence-electron chi connectivity index (χ2n) is 6.77. The Morgan fingerprint density at radius 1 is 1.17 bits per heavy atom. The lowest BCUT2D eigenvalue weighted by Gasteiger charge is -2.19. The van der Waals surface area contributed by atoms with E-state index in [1.807, 2.05) is 24.4 Å². The first kappa shape index (κ1) is 24.0. The van der Waals surface area contributed by atoms with Gasteiger partial charge in [-0.2, -0.15) is 0 Å². The van der Waals surface area contributed by atoms with E-state index in [9.17, 15) is 0 Å². The van der Waals surface area contributed by atoms with Gasteiger partial charge < -0.3 is 25.0 Å². The number of aliphatic imine (C=N–C) groups is 1. The minimum absolute atomic E-state index is 0.544. The van der Waals surface area contributed by atoms with Crippen LogP contribution in [0.15, 0.2) is 29.4 Å². The first-order valence-corrected chi connectivity index (χ1v) is 11.4. The third-order valence-electron chi connectivity index (χ3n) is 4.63. The fraction of sp³-hybridized carbons (Fsp3) is 0.545. The smallest absolute Gasteiger partial charge is 0.191 e. The quantitative estimate of drug-likeness (QED) is 0.395. The largest absolute Gasteiger partial charge is 0.493 e. The molecule has 0 radical (unpaired) electrons. The molecule has 0 spiro atoms. The Morgan fingerprint density at radius 3 is 2.60 bits per heavy atom. The van der Waals surface area contributed by atoms with Crippen LogP contribution >= 0.6 is 11.3 Å². The summed E-state index contributed by atoms with van der Waals surface area (Å²) in [6.45, 7) is 14.0. The number of benzene rings is 1. The zero-order valence-corrected chi connectivity index (χ0v) is 19.6. The predicted molar refractivity (Wildman–Crippen MR) is 125 cm³/mol. The molecule has 2 aromatic rings. The molecule has 0 atom stereocenters. The van der Waals surface area contributed by atoms with Crippen molar-refractivity contribution >= 4 is 17.3 Å². The maximum absolute atomic E-state index is 5.94. The lowest BCUT2D eigenvalue weighted by Crippen LogP contribution is -2.36. The maximum Gasteiger partial charge on any atom is 0.191 e. The second-order valence-corrected chi connectivity index (χ2v) is 8.09. The summed E-state index contributed by atoms with van der Waals surface area (Å²) in [4.78, 5) is 12.6. The topological polar surface area (TPSA) is 71.0 Å². The normalized spacial score (nSPS) is 11.6. The molecule has 0 saturated heterocycles. The van der Waals surface area contributed by atoms with Crippen LogP contribution in [-0.2, 0) is 13.1 Å². The van der Waals surface area contributed by atoms with Crippen molar-refractivity contribution in [1.29, 1.82) is 0 Å². The van der Waals surface area contributed by atoms with Crippen molar-refractivity contribution in [1.82, 2.24) is 20.5 Å². The van der Waals surface area contributed by atoms with Crippen molar-refractivity contribution in [3.8, 4) is 11.5 Å². The first-order valence-electron chi connectivity index (χ1n) is 10.5. The van der Waals surface area contributed by atoms with Crippen molar-refractivity contribution in [3.05, 3.63) is 39.8 Å². The molecule has 0 saturated carbocycles. The van der Waals surface area contributed by atoms with Crippen LogP contribution in [0, 0.1) is 6.92 Å². The van der Waals surface area contributed by atoms with Gasteiger partial charge in [0.05, 0.1) is 20.2 Å². The molecule has 1 aromatic heterocycles. The van der Waals surface area contributed by atoms with Gasteiger partial charge in [0, 0.05) is 24.2 Å². The van der Waals surface area contributed by atoms with E-state index in [4.69, 9.17) is 9.47 Å². The lowest BCUT2D eigenvalue weighted by molar-refractivity contribution is 0.217. The summed E-state index contributed by atoms with van der Waals surface area (Å²) >= 11 is 1.69. The number of likely N-dealkylation sites (N-methyl/N-ethyl adjacent to an activating group) is 1. The molecule has 7 nitrogen and oxygen atoms in total. The van der Waals surface area contributed by atoms with Crippen molar-refractivity contribution in [2.24, 2.45) is 4.99 Å². The summed E-state index contributed by atoms with van der Waals surface area (Å²) in [5.41, 5.74) is 1.06. The van der Waals surface area contributed by atoms with Crippen LogP contribution in [-0.4, -0.2) is 55.7 Å². The van der Waals surface area contributed by atoms with Gasteiger partial charge in [0.15, 0.2) is 17.5 Å². The Balaban J connectivity index is 1.96. The minimum Gasteiger partial charge on any atom is -0.493 e. The molecule has 1 heterocycles. The Bertz CT molecular complexity index is 790. The number of ether oxygens (including phenoxy) is 2. The lowest BCUT2D eigenvalue weighted by atomic mass is 10.2. The summed E-state index contributed by atoms with van der Waals surface area (Å²) in [6, 6.07) is 5.99. The predicted octanol–water partition coefficient (Wildman–Crippen LogP) is 3.44. The fourth-order valence-corrected chi connectivity index (χ4v) is 3.64. The molecule has 0 aliphatic heterocycles. The van der Waals surface area contributed by atoms with Gasteiger partial charge in [0.1, 0.15) is 11.6 Å². The van der Waals surface area contributed by atoms with Crippen LogP contribution in [0.4, 0.5) is 0 Å². The average molecular weight is 434 g/mol. The molecule has 0 aliphatic rings. The van der Waals surface area contributed by atoms with Gasteiger partial charge in [0.25, 0.3) is 0 Å². The highest BCUT2D eigenvalue weighted by Gasteiger charge is 2.08. The molecule has 2 rings (SSSR count). The first-order chi connectivity index (χ1) is 14.6. The van der Waals surface area contributed by atoms with Crippen molar-refractivity contribution in [2.45, 2.75) is 40.8 Å². The van der Waals surface area contributed by atoms with E-state index in [1.54, 1.807) is 18.4 Å². The molecule has 0 fully saturated rings. The Labute approximate surface area is 184 Å². The van der Waals surface area contributed by atoms with E-state index in [0.717, 1.165) is 54.2 Å². The standard InChI is InChI=1S/C22H35N5O2S/c1-6-23-22(26-16-21-24-14-17(4)30-21)25-15-18-9-10-19(20(13-18)28-5)29-12-11-27(7-2)8-3/h9-10,13-14H,6-8,11-12,15-16H2,1-5H3,(H2,23,25,26). The second kappa shape index (κ2) is 13.1. The number of hydrogen-bond donors (Lipinski definition) is 2. The van der Waals surface area contributed by atoms with E-state index >= 15 is 0 Å². The summed E-state index contributed by atoms with van der Waals surface area (Å²) in [5, 5.41) is 7.66. The number of nitrogens with zero attached hydrogens (tertiary/aromatic N) is 3. The van der Waals surface area contributed by atoms with Crippen LogP contribution in [0.2, 0.25) is 0 Å². The molecule has 0 unspecified atom stereocenters. The van der Waals surface area contributed by atoms with Crippen LogP contribution in [0.3, 0.4) is 0 Å². The molecule has 8 heteroatoms. The van der Waals surface area contributed by atoms with E-state index in [-0.39, 0.29) is 0 Å². The Kier molecular flexibility index (Phi) is 10.4. The molecular weight excluding hydrogens is 398 g/mol. The number of guanidine groups is 1.